The number of rotatable bonds is 5. The third-order valence-electron chi connectivity index (χ3n) is 8.14. The fraction of sp³-hybridized carbons (Fsp3) is 0.500. The summed E-state index contributed by atoms with van der Waals surface area (Å²) in [5.41, 5.74) is -0.489. The summed E-state index contributed by atoms with van der Waals surface area (Å²) in [6.45, 7) is 7.32. The predicted molar refractivity (Wildman–Crippen MR) is 135 cm³/mol. The molecule has 34 heavy (non-hydrogen) atoms. The summed E-state index contributed by atoms with van der Waals surface area (Å²) in [5, 5.41) is 2.38. The second-order valence-electron chi connectivity index (χ2n) is 11.1. The van der Waals surface area contributed by atoms with Gasteiger partial charge in [-0.25, -0.2) is 0 Å². The molecule has 1 amide bonds. The Hall–Kier alpha value is -2.44. The average Bonchev–Trinajstić information content (AvgIpc) is 3.43. The lowest BCUT2D eigenvalue weighted by Gasteiger charge is -2.47. The van der Waals surface area contributed by atoms with Crippen LogP contribution in [-0.4, -0.2) is 49.4 Å². The van der Waals surface area contributed by atoms with Crippen LogP contribution in [0.5, 0.6) is 0 Å². The molecule has 2 aromatic carbocycles. The maximum absolute atomic E-state index is 13.1. The molecule has 0 aliphatic carbocycles. The maximum atomic E-state index is 13.1. The first-order valence-corrected chi connectivity index (χ1v) is 14.5. The Morgan fingerprint density at radius 1 is 0.941 bits per heavy atom. The Labute approximate surface area is 203 Å². The summed E-state index contributed by atoms with van der Waals surface area (Å²) in [4.78, 5) is 27.1. The Bertz CT molecular complexity index is 1010. The van der Waals surface area contributed by atoms with Crippen molar-refractivity contribution >= 4 is 30.6 Å². The Morgan fingerprint density at radius 3 is 2.06 bits per heavy atom. The molecule has 3 atom stereocenters. The van der Waals surface area contributed by atoms with Crippen molar-refractivity contribution < 1.29 is 18.8 Å². The molecule has 5 nitrogen and oxygen atoms in total. The SMILES string of the molecule is CC(C)(C)[Si](OC[C@@H]1CC[C@@H]2N1C(=O)CC[C@]21CCC(=O)O1)(c1ccccc1)c1ccccc1. The van der Waals surface area contributed by atoms with E-state index in [-0.39, 0.29) is 29.0 Å². The Kier molecular flexibility index (Phi) is 5.93. The number of nitrogens with zero attached hydrogens (tertiary/aromatic N) is 1. The van der Waals surface area contributed by atoms with Crippen LogP contribution in [0, 0.1) is 0 Å². The van der Waals surface area contributed by atoms with Gasteiger partial charge in [-0.15, -0.1) is 0 Å². The number of carbonyl (C=O) groups is 2. The molecule has 3 heterocycles. The number of carbonyl (C=O) groups excluding carboxylic acids is 2. The molecule has 2 aromatic rings. The summed E-state index contributed by atoms with van der Waals surface area (Å²) < 4.78 is 13.0. The van der Waals surface area contributed by atoms with E-state index in [1.807, 2.05) is 17.0 Å². The molecule has 0 unspecified atom stereocenters. The first kappa shape index (κ1) is 23.3. The summed E-state index contributed by atoms with van der Waals surface area (Å²) >= 11 is 0. The summed E-state index contributed by atoms with van der Waals surface area (Å²) in [7, 11) is -2.67. The molecule has 5 rings (SSSR count). The topological polar surface area (TPSA) is 55.8 Å². The van der Waals surface area contributed by atoms with Crippen molar-refractivity contribution in [3.63, 3.8) is 0 Å². The van der Waals surface area contributed by atoms with Gasteiger partial charge in [-0.05, 0) is 41.1 Å². The maximum Gasteiger partial charge on any atom is 0.306 e. The van der Waals surface area contributed by atoms with E-state index in [0.29, 0.717) is 25.9 Å². The molecule has 3 aliphatic rings. The molecule has 3 saturated heterocycles. The highest BCUT2D eigenvalue weighted by atomic mass is 28.4. The molecule has 0 saturated carbocycles. The monoisotopic (exact) mass is 477 g/mol. The van der Waals surface area contributed by atoms with Crippen molar-refractivity contribution in [2.45, 2.75) is 82.0 Å². The molecule has 0 bridgehead atoms. The van der Waals surface area contributed by atoms with Crippen LogP contribution in [0.3, 0.4) is 0 Å². The molecule has 180 valence electrons. The van der Waals surface area contributed by atoms with Crippen molar-refractivity contribution in [1.29, 1.82) is 0 Å². The van der Waals surface area contributed by atoms with Crippen molar-refractivity contribution in [3.8, 4) is 0 Å². The standard InChI is InChI=1S/C28H35NO4Si/c1-27(2,3)34(22-10-6-4-7-11-22,23-12-8-5-9-13-23)32-20-21-14-15-24-28(19-17-26(31)33-28)18-16-25(30)29(21)24/h4-13,21,24H,14-20H2,1-3H3/t21-,24-,28-/m0/s1. The van der Waals surface area contributed by atoms with Crippen LogP contribution >= 0.6 is 0 Å². The van der Waals surface area contributed by atoms with Gasteiger partial charge in [0.15, 0.2) is 0 Å². The van der Waals surface area contributed by atoms with Crippen LogP contribution in [0.1, 0.15) is 59.3 Å². The number of ether oxygens (including phenoxy) is 1. The van der Waals surface area contributed by atoms with Crippen LogP contribution in [0.25, 0.3) is 0 Å². The third-order valence-corrected chi connectivity index (χ3v) is 13.1. The van der Waals surface area contributed by atoms with Crippen LogP contribution in [-0.2, 0) is 18.8 Å². The van der Waals surface area contributed by atoms with Crippen LogP contribution in [0.15, 0.2) is 60.7 Å². The highest BCUT2D eigenvalue weighted by Crippen LogP contribution is 2.46. The summed E-state index contributed by atoms with van der Waals surface area (Å²) in [6, 6.07) is 21.2. The summed E-state index contributed by atoms with van der Waals surface area (Å²) in [5.74, 6) is 0.0495. The van der Waals surface area contributed by atoms with Gasteiger partial charge in [0.2, 0.25) is 5.91 Å². The molecule has 0 N–H and O–H groups in total. The van der Waals surface area contributed by atoms with Crippen molar-refractivity contribution in [2.75, 3.05) is 6.61 Å². The molecule has 0 aromatic heterocycles. The Morgan fingerprint density at radius 2 is 1.53 bits per heavy atom. The number of hydrogen-bond donors (Lipinski definition) is 0. The van der Waals surface area contributed by atoms with Gasteiger partial charge in [0.1, 0.15) is 5.60 Å². The second-order valence-corrected chi connectivity index (χ2v) is 15.4. The minimum atomic E-state index is -2.67. The van der Waals surface area contributed by atoms with Crippen molar-refractivity contribution in [3.05, 3.63) is 60.7 Å². The van der Waals surface area contributed by atoms with E-state index in [1.165, 1.54) is 10.4 Å². The largest absolute Gasteiger partial charge is 0.457 e. The van der Waals surface area contributed by atoms with Gasteiger partial charge in [0.25, 0.3) is 8.32 Å². The number of amides is 1. The van der Waals surface area contributed by atoms with Crippen LogP contribution in [0.4, 0.5) is 0 Å². The third kappa shape index (κ3) is 3.71. The zero-order valence-electron chi connectivity index (χ0n) is 20.5. The number of benzene rings is 2. The minimum absolute atomic E-state index is 0.00984. The fourth-order valence-corrected chi connectivity index (χ4v) is 11.2. The molecule has 6 heteroatoms. The van der Waals surface area contributed by atoms with Crippen molar-refractivity contribution in [1.82, 2.24) is 4.90 Å². The van der Waals surface area contributed by atoms with Gasteiger partial charge in [-0.1, -0.05) is 81.4 Å². The lowest BCUT2D eigenvalue weighted by Crippen LogP contribution is -2.67. The van der Waals surface area contributed by atoms with Gasteiger partial charge in [0, 0.05) is 12.8 Å². The van der Waals surface area contributed by atoms with E-state index in [0.717, 1.165) is 19.3 Å². The number of esters is 1. The first-order valence-electron chi connectivity index (χ1n) is 12.5. The van der Waals surface area contributed by atoms with Crippen LogP contribution < -0.4 is 10.4 Å². The van der Waals surface area contributed by atoms with Crippen molar-refractivity contribution in [2.24, 2.45) is 0 Å². The van der Waals surface area contributed by atoms with E-state index in [1.54, 1.807) is 0 Å². The van der Waals surface area contributed by atoms with E-state index in [4.69, 9.17) is 9.16 Å². The normalized spacial score (nSPS) is 27.2. The molecule has 3 aliphatic heterocycles. The van der Waals surface area contributed by atoms with Gasteiger partial charge in [0.05, 0.1) is 18.7 Å². The highest BCUT2D eigenvalue weighted by Gasteiger charge is 2.58. The number of hydrogen-bond acceptors (Lipinski definition) is 4. The van der Waals surface area contributed by atoms with E-state index in [9.17, 15) is 9.59 Å². The van der Waals surface area contributed by atoms with E-state index >= 15 is 0 Å². The molecular weight excluding hydrogens is 442 g/mol. The van der Waals surface area contributed by atoms with Gasteiger partial charge in [-0.3, -0.25) is 9.59 Å². The van der Waals surface area contributed by atoms with Gasteiger partial charge in [-0.2, -0.15) is 0 Å². The lowest BCUT2D eigenvalue weighted by atomic mass is 9.82. The molecular formula is C28H35NO4Si. The zero-order valence-corrected chi connectivity index (χ0v) is 21.5. The molecule has 3 fully saturated rings. The fourth-order valence-electron chi connectivity index (χ4n) is 6.59. The smallest absolute Gasteiger partial charge is 0.306 e. The highest BCUT2D eigenvalue weighted by molar-refractivity contribution is 6.99. The summed E-state index contributed by atoms with van der Waals surface area (Å²) in [6.07, 6.45) is 4.03. The molecule has 0 radical (unpaired) electrons. The lowest BCUT2D eigenvalue weighted by molar-refractivity contribution is -0.167. The zero-order chi connectivity index (χ0) is 24.0. The number of piperidine rings is 1. The minimum Gasteiger partial charge on any atom is -0.457 e. The van der Waals surface area contributed by atoms with E-state index < -0.39 is 13.9 Å². The quantitative estimate of drug-likeness (QED) is 0.486. The van der Waals surface area contributed by atoms with Crippen LogP contribution in [0.2, 0.25) is 5.04 Å². The van der Waals surface area contributed by atoms with Gasteiger partial charge >= 0.3 is 5.97 Å². The molecule has 1 spiro atoms. The second kappa shape index (κ2) is 8.65. The van der Waals surface area contributed by atoms with Gasteiger partial charge < -0.3 is 14.1 Å². The number of fused-ring (bicyclic) bond motifs is 2. The first-order chi connectivity index (χ1) is 16.3. The average molecular weight is 478 g/mol. The Balaban J connectivity index is 1.48. The predicted octanol–water partition coefficient (Wildman–Crippen LogP) is 3.79. The van der Waals surface area contributed by atoms with E-state index in [2.05, 4.69) is 69.3 Å².